The van der Waals surface area contributed by atoms with Gasteiger partial charge in [0.2, 0.25) is 0 Å². The summed E-state index contributed by atoms with van der Waals surface area (Å²) in [5.41, 5.74) is 0.439. The standard InChI is InChI=1S/C11H12Cl2N2O3/c12-9-5-8(15(17)18)6-10(13)11(9)14(3-4-16)7-1-2-7/h5-7,16H,1-4H2. The van der Waals surface area contributed by atoms with Crippen LogP contribution in [0.3, 0.4) is 0 Å². The minimum atomic E-state index is -0.533. The Labute approximate surface area is 114 Å². The molecule has 7 heteroatoms. The normalized spacial score (nSPS) is 14.6. The van der Waals surface area contributed by atoms with Crippen molar-refractivity contribution < 1.29 is 10.0 Å². The molecule has 0 spiro atoms. The molecule has 1 N–H and O–H groups in total. The highest BCUT2D eigenvalue weighted by atomic mass is 35.5. The van der Waals surface area contributed by atoms with E-state index < -0.39 is 4.92 Å². The lowest BCUT2D eigenvalue weighted by atomic mass is 10.2. The van der Waals surface area contributed by atoms with Crippen LogP contribution in [-0.4, -0.2) is 29.2 Å². The maximum atomic E-state index is 10.7. The predicted octanol–water partition coefficient (Wildman–Crippen LogP) is 2.86. The molecular weight excluding hydrogens is 279 g/mol. The van der Waals surface area contributed by atoms with Gasteiger partial charge in [-0.25, -0.2) is 0 Å². The Morgan fingerprint density at radius 1 is 1.39 bits per heavy atom. The number of aliphatic hydroxyl groups is 1. The molecular formula is C11H12Cl2N2O3. The van der Waals surface area contributed by atoms with Gasteiger partial charge < -0.3 is 10.0 Å². The van der Waals surface area contributed by atoms with E-state index in [1.165, 1.54) is 12.1 Å². The summed E-state index contributed by atoms with van der Waals surface area (Å²) < 4.78 is 0. The van der Waals surface area contributed by atoms with E-state index in [1.807, 2.05) is 4.90 Å². The van der Waals surface area contributed by atoms with Crippen LogP contribution in [0.1, 0.15) is 12.8 Å². The fourth-order valence-corrected chi connectivity index (χ4v) is 2.60. The summed E-state index contributed by atoms with van der Waals surface area (Å²) in [7, 11) is 0. The molecule has 1 saturated carbocycles. The van der Waals surface area contributed by atoms with Gasteiger partial charge in [-0.05, 0) is 12.8 Å². The number of benzene rings is 1. The van der Waals surface area contributed by atoms with Gasteiger partial charge in [-0.3, -0.25) is 10.1 Å². The number of nitro groups is 1. The smallest absolute Gasteiger partial charge is 0.272 e. The Balaban J connectivity index is 2.39. The highest BCUT2D eigenvalue weighted by Gasteiger charge is 2.32. The first-order valence-electron chi connectivity index (χ1n) is 5.55. The molecule has 2 rings (SSSR count). The second-order valence-electron chi connectivity index (χ2n) is 4.16. The molecule has 0 amide bonds. The zero-order valence-electron chi connectivity index (χ0n) is 9.47. The minimum absolute atomic E-state index is 0.0137. The van der Waals surface area contributed by atoms with Crippen LogP contribution in [0, 0.1) is 10.1 Å². The van der Waals surface area contributed by atoms with Crippen LogP contribution in [0.15, 0.2) is 12.1 Å². The average Bonchev–Trinajstić information content (AvgIpc) is 3.10. The number of nitrogens with zero attached hydrogens (tertiary/aromatic N) is 2. The molecule has 0 saturated heterocycles. The SMILES string of the molecule is O=[N+]([O-])c1cc(Cl)c(N(CCO)C2CC2)c(Cl)c1. The lowest BCUT2D eigenvalue weighted by Gasteiger charge is -2.25. The zero-order valence-corrected chi connectivity index (χ0v) is 11.0. The average molecular weight is 291 g/mol. The first-order valence-corrected chi connectivity index (χ1v) is 6.31. The molecule has 0 radical (unpaired) electrons. The number of anilines is 1. The van der Waals surface area contributed by atoms with Gasteiger partial charge in [0, 0.05) is 24.7 Å². The number of non-ortho nitro benzene ring substituents is 1. The van der Waals surface area contributed by atoms with E-state index >= 15 is 0 Å². The Morgan fingerprint density at radius 2 is 1.94 bits per heavy atom. The Kier molecular flexibility index (Phi) is 3.94. The third kappa shape index (κ3) is 2.68. The van der Waals surface area contributed by atoms with E-state index in [-0.39, 0.29) is 22.3 Å². The first kappa shape index (κ1) is 13.4. The van der Waals surface area contributed by atoms with E-state index in [0.29, 0.717) is 18.3 Å². The van der Waals surface area contributed by atoms with Crippen molar-refractivity contribution in [1.29, 1.82) is 0 Å². The Hall–Kier alpha value is -1.04. The third-order valence-electron chi connectivity index (χ3n) is 2.83. The van der Waals surface area contributed by atoms with Crippen molar-refractivity contribution in [2.75, 3.05) is 18.1 Å². The number of aliphatic hydroxyl groups excluding tert-OH is 1. The fraction of sp³-hybridized carbons (Fsp3) is 0.455. The number of halogens is 2. The van der Waals surface area contributed by atoms with Crippen molar-refractivity contribution in [2.24, 2.45) is 0 Å². The highest BCUT2D eigenvalue weighted by Crippen LogP contribution is 2.42. The van der Waals surface area contributed by atoms with Crippen molar-refractivity contribution in [3.8, 4) is 0 Å². The largest absolute Gasteiger partial charge is 0.395 e. The van der Waals surface area contributed by atoms with E-state index in [0.717, 1.165) is 12.8 Å². The van der Waals surface area contributed by atoms with Gasteiger partial charge in [-0.15, -0.1) is 0 Å². The van der Waals surface area contributed by atoms with Crippen molar-refractivity contribution in [1.82, 2.24) is 0 Å². The predicted molar refractivity (Wildman–Crippen MR) is 70.6 cm³/mol. The zero-order chi connectivity index (χ0) is 13.3. The number of hydrogen-bond donors (Lipinski definition) is 1. The van der Waals surface area contributed by atoms with Crippen LogP contribution in [-0.2, 0) is 0 Å². The van der Waals surface area contributed by atoms with Gasteiger partial charge in [0.1, 0.15) is 0 Å². The molecule has 0 heterocycles. The summed E-state index contributed by atoms with van der Waals surface area (Å²) in [5, 5.41) is 20.2. The summed E-state index contributed by atoms with van der Waals surface area (Å²) >= 11 is 12.1. The summed E-state index contributed by atoms with van der Waals surface area (Å²) in [6.45, 7) is 0.405. The van der Waals surface area contributed by atoms with E-state index in [4.69, 9.17) is 28.3 Å². The lowest BCUT2D eigenvalue weighted by molar-refractivity contribution is -0.384. The van der Waals surface area contributed by atoms with Gasteiger partial charge in [0.05, 0.1) is 27.3 Å². The molecule has 0 aliphatic heterocycles. The molecule has 1 aliphatic rings. The second kappa shape index (κ2) is 5.30. The van der Waals surface area contributed by atoms with Crippen LogP contribution in [0.2, 0.25) is 10.0 Å². The number of hydrogen-bond acceptors (Lipinski definition) is 4. The third-order valence-corrected chi connectivity index (χ3v) is 3.40. The number of nitro benzene ring substituents is 1. The number of rotatable bonds is 5. The molecule has 0 aromatic heterocycles. The molecule has 1 aromatic carbocycles. The van der Waals surface area contributed by atoms with E-state index in [2.05, 4.69) is 0 Å². The summed E-state index contributed by atoms with van der Waals surface area (Å²) in [6, 6.07) is 2.89. The van der Waals surface area contributed by atoms with Crippen LogP contribution >= 0.6 is 23.2 Å². The van der Waals surface area contributed by atoms with Crippen molar-refractivity contribution in [2.45, 2.75) is 18.9 Å². The molecule has 98 valence electrons. The van der Waals surface area contributed by atoms with E-state index in [9.17, 15) is 10.1 Å². The quantitative estimate of drug-likeness (QED) is 0.669. The monoisotopic (exact) mass is 290 g/mol. The van der Waals surface area contributed by atoms with Crippen LogP contribution in [0.5, 0.6) is 0 Å². The molecule has 1 fully saturated rings. The topological polar surface area (TPSA) is 66.6 Å². The van der Waals surface area contributed by atoms with Crippen LogP contribution in [0.4, 0.5) is 11.4 Å². The Bertz CT molecular complexity index is 454. The van der Waals surface area contributed by atoms with E-state index in [1.54, 1.807) is 0 Å². The highest BCUT2D eigenvalue weighted by molar-refractivity contribution is 6.39. The van der Waals surface area contributed by atoms with Crippen LogP contribution in [0.25, 0.3) is 0 Å². The van der Waals surface area contributed by atoms with Gasteiger partial charge in [-0.2, -0.15) is 0 Å². The van der Waals surface area contributed by atoms with Gasteiger partial charge >= 0.3 is 0 Å². The summed E-state index contributed by atoms with van der Waals surface area (Å²) in [5.74, 6) is 0. The maximum Gasteiger partial charge on any atom is 0.272 e. The molecule has 0 bridgehead atoms. The van der Waals surface area contributed by atoms with Crippen molar-refractivity contribution >= 4 is 34.6 Å². The molecule has 1 aromatic rings. The van der Waals surface area contributed by atoms with Crippen molar-refractivity contribution in [3.05, 3.63) is 32.3 Å². The summed E-state index contributed by atoms with van der Waals surface area (Å²) in [4.78, 5) is 12.1. The van der Waals surface area contributed by atoms with Gasteiger partial charge in [-0.1, -0.05) is 23.2 Å². The first-order chi connectivity index (χ1) is 8.54. The Morgan fingerprint density at radius 3 is 2.33 bits per heavy atom. The molecule has 0 atom stereocenters. The van der Waals surface area contributed by atoms with Crippen LogP contribution < -0.4 is 4.90 Å². The molecule has 18 heavy (non-hydrogen) atoms. The molecule has 1 aliphatic carbocycles. The maximum absolute atomic E-state index is 10.7. The summed E-state index contributed by atoms with van der Waals surface area (Å²) in [6.07, 6.45) is 2.04. The lowest BCUT2D eigenvalue weighted by Crippen LogP contribution is -2.29. The van der Waals surface area contributed by atoms with Gasteiger partial charge in [0.25, 0.3) is 5.69 Å². The second-order valence-corrected chi connectivity index (χ2v) is 4.98. The van der Waals surface area contributed by atoms with Gasteiger partial charge in [0.15, 0.2) is 0 Å². The fourth-order valence-electron chi connectivity index (χ4n) is 1.90. The minimum Gasteiger partial charge on any atom is -0.395 e. The molecule has 5 nitrogen and oxygen atoms in total. The van der Waals surface area contributed by atoms with Crippen molar-refractivity contribution in [3.63, 3.8) is 0 Å². The molecule has 0 unspecified atom stereocenters.